The van der Waals surface area contributed by atoms with Crippen molar-refractivity contribution < 1.29 is 18.0 Å². The number of carbonyl (C=O) groups excluding carboxylic acids is 1. The van der Waals surface area contributed by atoms with Crippen LogP contribution in [-0.2, 0) is 0 Å². The van der Waals surface area contributed by atoms with Crippen LogP contribution in [0.2, 0.25) is 0 Å². The Morgan fingerprint density at radius 3 is 2.35 bits per heavy atom. The van der Waals surface area contributed by atoms with Crippen molar-refractivity contribution in [3.8, 4) is 0 Å². The number of halogens is 3. The summed E-state index contributed by atoms with van der Waals surface area (Å²) in [6.45, 7) is 3.62. The first kappa shape index (κ1) is 18.0. The van der Waals surface area contributed by atoms with Crippen molar-refractivity contribution in [3.63, 3.8) is 0 Å². The third kappa shape index (κ3) is 4.36. The standard InChI is InChI=1S/C19H25F3O/c1-3-4-13-6-8-14(9-7-13)11-16(23)15-10-5-12(2)17(18(15)20)19(21)22/h5,10,13-14,19H,3-4,6-9,11H2,1-2H3. The number of hydrogen-bond acceptors (Lipinski definition) is 1. The second-order valence-corrected chi connectivity index (χ2v) is 6.76. The molecule has 2 rings (SSSR count). The van der Waals surface area contributed by atoms with Crippen molar-refractivity contribution in [1.29, 1.82) is 0 Å². The number of carbonyl (C=O) groups is 1. The molecule has 4 heteroatoms. The molecule has 1 aromatic rings. The van der Waals surface area contributed by atoms with Crippen LogP contribution in [0.15, 0.2) is 12.1 Å². The molecule has 0 atom stereocenters. The highest BCUT2D eigenvalue weighted by molar-refractivity contribution is 5.96. The van der Waals surface area contributed by atoms with Gasteiger partial charge in [-0.05, 0) is 43.2 Å². The molecule has 0 saturated heterocycles. The number of benzene rings is 1. The van der Waals surface area contributed by atoms with Gasteiger partial charge in [-0.15, -0.1) is 0 Å². The molecule has 128 valence electrons. The third-order valence-corrected chi connectivity index (χ3v) is 5.05. The van der Waals surface area contributed by atoms with Crippen LogP contribution in [0, 0.1) is 24.6 Å². The number of Topliss-reactive ketones (excluding diaryl/α,β-unsaturated/α-hetero) is 1. The van der Waals surface area contributed by atoms with Crippen LogP contribution in [0.25, 0.3) is 0 Å². The van der Waals surface area contributed by atoms with E-state index in [2.05, 4.69) is 6.92 Å². The normalized spacial score (nSPS) is 21.7. The van der Waals surface area contributed by atoms with Gasteiger partial charge in [0.25, 0.3) is 6.43 Å². The van der Waals surface area contributed by atoms with Crippen LogP contribution in [-0.4, -0.2) is 5.78 Å². The molecule has 0 radical (unpaired) electrons. The summed E-state index contributed by atoms with van der Waals surface area (Å²) >= 11 is 0. The van der Waals surface area contributed by atoms with Crippen LogP contribution in [0.3, 0.4) is 0 Å². The Bertz CT molecular complexity index is 546. The van der Waals surface area contributed by atoms with Gasteiger partial charge in [-0.1, -0.05) is 38.7 Å². The van der Waals surface area contributed by atoms with E-state index in [0.717, 1.165) is 31.6 Å². The number of aryl methyl sites for hydroxylation is 1. The molecular formula is C19H25F3O. The summed E-state index contributed by atoms with van der Waals surface area (Å²) in [4.78, 5) is 12.3. The third-order valence-electron chi connectivity index (χ3n) is 5.05. The second-order valence-electron chi connectivity index (χ2n) is 6.76. The predicted octanol–water partition coefficient (Wildman–Crippen LogP) is 6.25. The van der Waals surface area contributed by atoms with E-state index in [1.54, 1.807) is 0 Å². The maximum Gasteiger partial charge on any atom is 0.266 e. The van der Waals surface area contributed by atoms with Gasteiger partial charge in [0, 0.05) is 6.42 Å². The summed E-state index contributed by atoms with van der Waals surface area (Å²) in [6.07, 6.45) is 3.96. The van der Waals surface area contributed by atoms with Gasteiger partial charge in [0.15, 0.2) is 5.78 Å². The monoisotopic (exact) mass is 326 g/mol. The van der Waals surface area contributed by atoms with Gasteiger partial charge in [-0.25, -0.2) is 13.2 Å². The Hall–Kier alpha value is -1.32. The summed E-state index contributed by atoms with van der Waals surface area (Å²) in [5.74, 6) is -0.382. The smallest absolute Gasteiger partial charge is 0.266 e. The number of alkyl halides is 2. The highest BCUT2D eigenvalue weighted by atomic mass is 19.3. The molecule has 0 heterocycles. The molecule has 1 aromatic carbocycles. The van der Waals surface area contributed by atoms with E-state index in [4.69, 9.17) is 0 Å². The van der Waals surface area contributed by atoms with Crippen molar-refractivity contribution in [2.45, 2.75) is 65.2 Å². The highest BCUT2D eigenvalue weighted by Gasteiger charge is 2.26. The minimum absolute atomic E-state index is 0.179. The summed E-state index contributed by atoms with van der Waals surface area (Å²) in [6, 6.07) is 2.76. The van der Waals surface area contributed by atoms with Crippen LogP contribution in [0.1, 0.15) is 79.8 Å². The van der Waals surface area contributed by atoms with E-state index in [9.17, 15) is 18.0 Å². The lowest BCUT2D eigenvalue weighted by Gasteiger charge is -2.28. The van der Waals surface area contributed by atoms with Gasteiger partial charge in [-0.3, -0.25) is 4.79 Å². The lowest BCUT2D eigenvalue weighted by atomic mass is 9.77. The van der Waals surface area contributed by atoms with E-state index in [-0.39, 0.29) is 29.2 Å². The lowest BCUT2D eigenvalue weighted by Crippen LogP contribution is -2.18. The number of ketones is 1. The summed E-state index contributed by atoms with van der Waals surface area (Å²) < 4.78 is 40.2. The molecule has 1 aliphatic rings. The zero-order chi connectivity index (χ0) is 17.0. The van der Waals surface area contributed by atoms with Gasteiger partial charge >= 0.3 is 0 Å². The maximum atomic E-state index is 14.3. The number of hydrogen-bond donors (Lipinski definition) is 0. The molecule has 0 N–H and O–H groups in total. The van der Waals surface area contributed by atoms with Crippen molar-refractivity contribution in [2.75, 3.05) is 0 Å². The lowest BCUT2D eigenvalue weighted by molar-refractivity contribution is 0.0936. The molecule has 0 bridgehead atoms. The average Bonchev–Trinajstić information content (AvgIpc) is 2.49. The van der Waals surface area contributed by atoms with E-state index >= 15 is 0 Å². The Morgan fingerprint density at radius 1 is 1.17 bits per heavy atom. The molecule has 0 spiro atoms. The van der Waals surface area contributed by atoms with Gasteiger partial charge < -0.3 is 0 Å². The Balaban J connectivity index is 2.03. The first-order chi connectivity index (χ1) is 10.9. The molecule has 1 saturated carbocycles. The highest BCUT2D eigenvalue weighted by Crippen LogP contribution is 2.35. The first-order valence-corrected chi connectivity index (χ1v) is 8.54. The minimum atomic E-state index is -2.90. The molecule has 0 amide bonds. The van der Waals surface area contributed by atoms with Crippen LogP contribution < -0.4 is 0 Å². The van der Waals surface area contributed by atoms with Crippen LogP contribution >= 0.6 is 0 Å². The van der Waals surface area contributed by atoms with Crippen LogP contribution in [0.4, 0.5) is 13.2 Å². The average molecular weight is 326 g/mol. The van der Waals surface area contributed by atoms with Gasteiger partial charge in [-0.2, -0.15) is 0 Å². The van der Waals surface area contributed by atoms with Crippen LogP contribution in [0.5, 0.6) is 0 Å². The van der Waals surface area contributed by atoms with E-state index in [1.165, 1.54) is 31.9 Å². The maximum absolute atomic E-state index is 14.3. The Kier molecular flexibility index (Phi) is 6.25. The summed E-state index contributed by atoms with van der Waals surface area (Å²) in [7, 11) is 0. The van der Waals surface area contributed by atoms with E-state index < -0.39 is 17.8 Å². The zero-order valence-corrected chi connectivity index (χ0v) is 13.9. The van der Waals surface area contributed by atoms with Gasteiger partial charge in [0.05, 0.1) is 11.1 Å². The molecular weight excluding hydrogens is 301 g/mol. The topological polar surface area (TPSA) is 17.1 Å². The summed E-state index contributed by atoms with van der Waals surface area (Å²) in [5, 5.41) is 0. The molecule has 23 heavy (non-hydrogen) atoms. The van der Waals surface area contributed by atoms with Crippen molar-refractivity contribution in [3.05, 3.63) is 34.6 Å². The van der Waals surface area contributed by atoms with Crippen molar-refractivity contribution in [1.82, 2.24) is 0 Å². The Labute approximate surface area is 136 Å². The van der Waals surface area contributed by atoms with E-state index in [0.29, 0.717) is 0 Å². The molecule has 1 nitrogen and oxygen atoms in total. The quantitative estimate of drug-likeness (QED) is 0.565. The second kappa shape index (κ2) is 7.98. The fraction of sp³-hybridized carbons (Fsp3) is 0.632. The fourth-order valence-corrected chi connectivity index (χ4v) is 3.68. The fourth-order valence-electron chi connectivity index (χ4n) is 3.68. The zero-order valence-electron chi connectivity index (χ0n) is 13.9. The molecule has 0 unspecified atom stereocenters. The SMILES string of the molecule is CCCC1CCC(CC(=O)c2ccc(C)c(C(F)F)c2F)CC1. The van der Waals surface area contributed by atoms with Gasteiger partial charge in [0.2, 0.25) is 0 Å². The largest absolute Gasteiger partial charge is 0.294 e. The van der Waals surface area contributed by atoms with Crippen molar-refractivity contribution >= 4 is 5.78 Å². The summed E-state index contributed by atoms with van der Waals surface area (Å²) in [5.41, 5.74) is -0.627. The van der Waals surface area contributed by atoms with Crippen molar-refractivity contribution in [2.24, 2.45) is 11.8 Å². The minimum Gasteiger partial charge on any atom is -0.294 e. The molecule has 0 aliphatic heterocycles. The van der Waals surface area contributed by atoms with Gasteiger partial charge in [0.1, 0.15) is 5.82 Å². The first-order valence-electron chi connectivity index (χ1n) is 8.54. The number of rotatable bonds is 6. The molecule has 1 fully saturated rings. The van der Waals surface area contributed by atoms with E-state index in [1.807, 2.05) is 0 Å². The molecule has 1 aliphatic carbocycles. The predicted molar refractivity (Wildman–Crippen MR) is 85.4 cm³/mol. The Morgan fingerprint density at radius 2 is 1.78 bits per heavy atom. The molecule has 0 aromatic heterocycles.